The van der Waals surface area contributed by atoms with Crippen LogP contribution in [0.4, 0.5) is 0 Å². The van der Waals surface area contributed by atoms with Gasteiger partial charge in [0.25, 0.3) is 5.56 Å². The van der Waals surface area contributed by atoms with Gasteiger partial charge in [0.05, 0.1) is 0 Å². The molecule has 0 aliphatic carbocycles. The molecule has 2 aromatic carbocycles. The zero-order valence-corrected chi connectivity index (χ0v) is 20.2. The lowest BCUT2D eigenvalue weighted by atomic mass is 10.00. The second kappa shape index (κ2) is 10.9. The van der Waals surface area contributed by atoms with Crippen LogP contribution in [0.1, 0.15) is 46.5 Å². The van der Waals surface area contributed by atoms with E-state index in [1.165, 1.54) is 6.42 Å². The molecule has 32 heavy (non-hydrogen) atoms. The quantitative estimate of drug-likeness (QED) is 0.389. The van der Waals surface area contributed by atoms with Crippen LogP contribution in [0.25, 0.3) is 22.3 Å². The number of esters is 1. The van der Waals surface area contributed by atoms with Gasteiger partial charge in [-0.25, -0.2) is 4.68 Å². The number of carbonyl (C=O) groups excluding carboxylic acids is 1. The molecule has 1 aliphatic rings. The van der Waals surface area contributed by atoms with E-state index in [1.54, 1.807) is 28.4 Å². The lowest BCUT2D eigenvalue weighted by Gasteiger charge is -2.18. The molecule has 4 rings (SSSR count). The fraction of sp³-hybridized carbons (Fsp3) is 0.360. The average molecular weight is 475 g/mol. The van der Waals surface area contributed by atoms with Crippen molar-refractivity contribution in [2.24, 2.45) is 0 Å². The first kappa shape index (κ1) is 24.1. The van der Waals surface area contributed by atoms with Gasteiger partial charge in [-0.1, -0.05) is 68.6 Å². The molecule has 5 nitrogen and oxygen atoms in total. The van der Waals surface area contributed by atoms with Crippen LogP contribution in [0, 0.1) is 0 Å². The summed E-state index contributed by atoms with van der Waals surface area (Å²) in [5.74, 6) is -0.119. The van der Waals surface area contributed by atoms with Crippen LogP contribution in [0.5, 0.6) is 5.88 Å². The summed E-state index contributed by atoms with van der Waals surface area (Å²) in [5, 5.41) is 1.04. The molecule has 0 atom stereocenters. The maximum absolute atomic E-state index is 13.2. The first-order valence-corrected chi connectivity index (χ1v) is 11.8. The second-order valence-electron chi connectivity index (χ2n) is 7.68. The fourth-order valence-corrected chi connectivity index (χ4v) is 4.02. The zero-order valence-electron chi connectivity index (χ0n) is 18.7. The van der Waals surface area contributed by atoms with Crippen molar-refractivity contribution in [1.29, 1.82) is 0 Å². The van der Waals surface area contributed by atoms with Gasteiger partial charge in [0, 0.05) is 35.1 Å². The van der Waals surface area contributed by atoms with Crippen LogP contribution in [0.15, 0.2) is 47.3 Å². The summed E-state index contributed by atoms with van der Waals surface area (Å²) < 4.78 is 9.01. The number of rotatable bonds is 4. The number of halogens is 2. The normalized spacial score (nSPS) is 12.5. The minimum Gasteiger partial charge on any atom is -0.407 e. The molecule has 0 saturated heterocycles. The van der Waals surface area contributed by atoms with Gasteiger partial charge in [-0.05, 0) is 48.2 Å². The third kappa shape index (κ3) is 5.11. The number of fused-ring (bicyclic) bond motifs is 1. The molecule has 1 aliphatic heterocycles. The topological polar surface area (TPSA) is 53.2 Å². The number of ether oxygens (including phenoxy) is 1. The van der Waals surface area contributed by atoms with Crippen molar-refractivity contribution in [3.8, 4) is 28.1 Å². The number of aromatic nitrogens is 2. The predicted octanol–water partition coefficient (Wildman–Crippen LogP) is 6.82. The highest BCUT2D eigenvalue weighted by Gasteiger charge is 2.27. The van der Waals surface area contributed by atoms with Crippen LogP contribution in [0.3, 0.4) is 0 Å². The molecule has 0 radical (unpaired) electrons. The molecular formula is C25H28Cl2N2O3. The highest BCUT2D eigenvalue weighted by Crippen LogP contribution is 2.37. The molecule has 2 heterocycles. The van der Waals surface area contributed by atoms with Crippen molar-refractivity contribution < 1.29 is 9.53 Å². The Morgan fingerprint density at radius 3 is 2.28 bits per heavy atom. The van der Waals surface area contributed by atoms with E-state index in [0.717, 1.165) is 24.0 Å². The van der Waals surface area contributed by atoms with E-state index in [2.05, 4.69) is 13.8 Å². The van der Waals surface area contributed by atoms with Gasteiger partial charge in [-0.2, -0.15) is 0 Å². The number of carbonyl (C=O) groups is 1. The molecule has 7 heteroatoms. The molecule has 1 aromatic heterocycles. The van der Waals surface area contributed by atoms with Crippen molar-refractivity contribution in [3.05, 3.63) is 62.9 Å². The Morgan fingerprint density at radius 2 is 1.62 bits per heavy atom. The summed E-state index contributed by atoms with van der Waals surface area (Å²) in [6.07, 6.45) is 3.29. The van der Waals surface area contributed by atoms with Crippen LogP contribution in [-0.2, 0) is 17.9 Å². The molecule has 170 valence electrons. The maximum Gasteiger partial charge on any atom is 0.312 e. The number of hydrogen-bond donors (Lipinski definition) is 0. The molecule has 0 bridgehead atoms. The fourth-order valence-electron chi connectivity index (χ4n) is 3.62. The van der Waals surface area contributed by atoms with E-state index in [1.807, 2.05) is 30.3 Å². The summed E-state index contributed by atoms with van der Waals surface area (Å²) in [5.41, 5.74) is 2.44. The Kier molecular flexibility index (Phi) is 8.21. The minimum absolute atomic E-state index is 0.200. The number of nitrogens with zero attached hydrogens (tertiary/aromatic N) is 2. The Balaban J connectivity index is 0.000000913. The molecule has 0 N–H and O–H groups in total. The van der Waals surface area contributed by atoms with Crippen molar-refractivity contribution in [2.45, 2.75) is 59.5 Å². The summed E-state index contributed by atoms with van der Waals surface area (Å²) >= 11 is 12.6. The molecule has 0 fully saturated rings. The van der Waals surface area contributed by atoms with Gasteiger partial charge in [0.1, 0.15) is 5.56 Å². The smallest absolute Gasteiger partial charge is 0.312 e. The second-order valence-corrected chi connectivity index (χ2v) is 8.52. The average Bonchev–Trinajstić information content (AvgIpc) is 3.06. The molecule has 0 amide bonds. The van der Waals surface area contributed by atoms with Crippen LogP contribution < -0.4 is 10.3 Å². The number of benzene rings is 2. The minimum atomic E-state index is -0.389. The van der Waals surface area contributed by atoms with E-state index < -0.39 is 0 Å². The van der Waals surface area contributed by atoms with Crippen molar-refractivity contribution in [2.75, 3.05) is 0 Å². The van der Waals surface area contributed by atoms with E-state index in [4.69, 9.17) is 27.9 Å². The summed E-state index contributed by atoms with van der Waals surface area (Å²) in [6.45, 7) is 7.17. The van der Waals surface area contributed by atoms with Gasteiger partial charge < -0.3 is 4.74 Å². The van der Waals surface area contributed by atoms with Crippen molar-refractivity contribution in [3.63, 3.8) is 0 Å². The van der Waals surface area contributed by atoms with Crippen molar-refractivity contribution in [1.82, 2.24) is 9.36 Å². The highest BCUT2D eigenvalue weighted by molar-refractivity contribution is 6.33. The predicted molar refractivity (Wildman–Crippen MR) is 131 cm³/mol. The maximum atomic E-state index is 13.2. The Bertz CT molecular complexity index is 1160. The Hall–Kier alpha value is -2.50. The standard InChI is InChI=1S/C22H20Cl2N2O3.C3H8/c1-2-19(27)29-22-20(21(28)25-10-3-4-11-26(22)25)17-13-15(8-9-18(17)24)14-6-5-7-16(23)12-14;1-3-2/h5-9,12-13H,2-4,10-11H2,1H3;3H2,1-2H3. The van der Waals surface area contributed by atoms with Gasteiger partial charge in [-0.15, -0.1) is 0 Å². The summed E-state index contributed by atoms with van der Waals surface area (Å²) in [6, 6.07) is 12.9. The molecular weight excluding hydrogens is 447 g/mol. The first-order chi connectivity index (χ1) is 15.4. The van der Waals surface area contributed by atoms with Gasteiger partial charge >= 0.3 is 5.97 Å². The van der Waals surface area contributed by atoms with Gasteiger partial charge in [-0.3, -0.25) is 14.3 Å². The lowest BCUT2D eigenvalue weighted by molar-refractivity contribution is -0.134. The monoisotopic (exact) mass is 474 g/mol. The third-order valence-corrected chi connectivity index (χ3v) is 5.64. The van der Waals surface area contributed by atoms with Crippen LogP contribution in [0.2, 0.25) is 10.0 Å². The SMILES string of the molecule is CCC.CCC(=O)Oc1c(-c2cc(-c3cccc(Cl)c3)ccc2Cl)c(=O)n2n1CCCC2. The van der Waals surface area contributed by atoms with Gasteiger partial charge in [0.15, 0.2) is 0 Å². The summed E-state index contributed by atoms with van der Waals surface area (Å²) in [7, 11) is 0. The zero-order chi connectivity index (χ0) is 23.3. The largest absolute Gasteiger partial charge is 0.407 e. The number of hydrogen-bond acceptors (Lipinski definition) is 3. The van der Waals surface area contributed by atoms with E-state index in [-0.39, 0.29) is 23.8 Å². The first-order valence-electron chi connectivity index (χ1n) is 11.0. The molecule has 3 aromatic rings. The Labute approximate surface area is 198 Å². The Morgan fingerprint density at radius 1 is 0.969 bits per heavy atom. The molecule has 0 saturated carbocycles. The molecule has 0 unspecified atom stereocenters. The van der Waals surface area contributed by atoms with E-state index >= 15 is 0 Å². The third-order valence-electron chi connectivity index (χ3n) is 5.07. The van der Waals surface area contributed by atoms with Crippen molar-refractivity contribution >= 4 is 29.2 Å². The van der Waals surface area contributed by atoms with E-state index in [9.17, 15) is 9.59 Å². The molecule has 0 spiro atoms. The van der Waals surface area contributed by atoms with E-state index in [0.29, 0.717) is 34.3 Å². The van der Waals surface area contributed by atoms with Crippen LogP contribution >= 0.6 is 23.2 Å². The van der Waals surface area contributed by atoms with Gasteiger partial charge in [0.2, 0.25) is 5.88 Å². The summed E-state index contributed by atoms with van der Waals surface area (Å²) in [4.78, 5) is 25.3. The highest BCUT2D eigenvalue weighted by atomic mass is 35.5. The lowest BCUT2D eigenvalue weighted by Crippen LogP contribution is -2.27. The van der Waals surface area contributed by atoms with Crippen LogP contribution in [-0.4, -0.2) is 15.3 Å².